The number of carboxylic acids is 1. The van der Waals surface area contributed by atoms with Gasteiger partial charge in [-0.05, 0) is 28.2 Å². The Hall–Kier alpha value is -3.88. The molecule has 4 rings (SSSR count). The number of hydrogen-bond acceptors (Lipinski definition) is 5. The minimum Gasteiger partial charge on any atom is -0.481 e. The van der Waals surface area contributed by atoms with Crippen molar-refractivity contribution in [1.82, 2.24) is 16.0 Å². The fraction of sp³-hybridized carbons (Fsp3) is 0.385. The molecule has 0 radical (unpaired) electrons. The molecule has 9 nitrogen and oxygen atoms in total. The number of carbonyl (C=O) groups excluding carboxylic acids is 3. The molecule has 1 saturated heterocycles. The first-order valence-electron chi connectivity index (χ1n) is 11.8. The monoisotopic (exact) mass is 479 g/mol. The first kappa shape index (κ1) is 24.3. The van der Waals surface area contributed by atoms with E-state index < -0.39 is 35.8 Å². The largest absolute Gasteiger partial charge is 0.481 e. The fourth-order valence-corrected chi connectivity index (χ4v) is 4.75. The number of benzene rings is 2. The van der Waals surface area contributed by atoms with E-state index in [4.69, 9.17) is 4.74 Å². The molecule has 0 saturated carbocycles. The summed E-state index contributed by atoms with van der Waals surface area (Å²) in [6.07, 6.45) is 0.0962. The van der Waals surface area contributed by atoms with Crippen LogP contribution in [0.1, 0.15) is 36.8 Å². The van der Waals surface area contributed by atoms with Crippen LogP contribution in [0.4, 0.5) is 4.79 Å². The van der Waals surface area contributed by atoms with Gasteiger partial charge in [0.05, 0.1) is 0 Å². The summed E-state index contributed by atoms with van der Waals surface area (Å²) >= 11 is 0. The lowest BCUT2D eigenvalue weighted by molar-refractivity contribution is -0.143. The van der Waals surface area contributed by atoms with Crippen LogP contribution in [-0.4, -0.2) is 54.7 Å². The van der Waals surface area contributed by atoms with Gasteiger partial charge >= 0.3 is 12.1 Å². The molecule has 35 heavy (non-hydrogen) atoms. The molecule has 184 valence electrons. The standard InChI is InChI=1S/C26H29N3O6/c1-2-15(11-22(30)29-23-20(25(32)33)13-27-24(23)31)12-28-26(34)35-14-21-18-9-5-3-7-16(18)17-8-4-6-10-19(17)21/h3-10,15,20-21,23H,2,11-14H2,1H3,(H,27,31)(H,28,34)(H,29,30)(H,32,33). The van der Waals surface area contributed by atoms with Gasteiger partial charge in [-0.25, -0.2) is 4.79 Å². The van der Waals surface area contributed by atoms with Crippen LogP contribution in [0.25, 0.3) is 11.1 Å². The Morgan fingerprint density at radius 1 is 1.09 bits per heavy atom. The zero-order valence-corrected chi connectivity index (χ0v) is 19.5. The Bertz CT molecular complexity index is 1090. The Morgan fingerprint density at radius 3 is 2.31 bits per heavy atom. The summed E-state index contributed by atoms with van der Waals surface area (Å²) in [6, 6.07) is 15.1. The van der Waals surface area contributed by atoms with Crippen LogP contribution in [0.5, 0.6) is 0 Å². The van der Waals surface area contributed by atoms with E-state index in [2.05, 4.69) is 28.1 Å². The van der Waals surface area contributed by atoms with Crippen LogP contribution >= 0.6 is 0 Å². The van der Waals surface area contributed by atoms with Crippen molar-refractivity contribution in [1.29, 1.82) is 0 Å². The number of aliphatic carboxylic acids is 1. The van der Waals surface area contributed by atoms with Gasteiger partial charge in [0.15, 0.2) is 0 Å². The molecule has 2 aliphatic rings. The molecule has 3 atom stereocenters. The van der Waals surface area contributed by atoms with E-state index in [1.54, 1.807) is 0 Å². The molecule has 4 N–H and O–H groups in total. The smallest absolute Gasteiger partial charge is 0.407 e. The average molecular weight is 480 g/mol. The highest BCUT2D eigenvalue weighted by atomic mass is 16.5. The van der Waals surface area contributed by atoms with Crippen molar-refractivity contribution in [2.75, 3.05) is 19.7 Å². The van der Waals surface area contributed by atoms with Gasteiger partial charge < -0.3 is 25.8 Å². The van der Waals surface area contributed by atoms with Crippen LogP contribution < -0.4 is 16.0 Å². The number of carboxylic acid groups (broad SMARTS) is 1. The first-order chi connectivity index (χ1) is 16.9. The Labute approximate surface area is 203 Å². The predicted molar refractivity (Wildman–Crippen MR) is 128 cm³/mol. The van der Waals surface area contributed by atoms with Crippen molar-refractivity contribution in [3.63, 3.8) is 0 Å². The quantitative estimate of drug-likeness (QED) is 0.436. The van der Waals surface area contributed by atoms with Gasteiger partial charge in [-0.3, -0.25) is 14.4 Å². The second-order valence-corrected chi connectivity index (χ2v) is 8.92. The molecule has 3 unspecified atom stereocenters. The molecule has 9 heteroatoms. The molecule has 3 amide bonds. The van der Waals surface area contributed by atoms with Crippen molar-refractivity contribution >= 4 is 23.9 Å². The van der Waals surface area contributed by atoms with Gasteiger partial charge in [0.1, 0.15) is 18.6 Å². The molecule has 0 aromatic heterocycles. The molecule has 2 aromatic rings. The number of hydrogen-bond donors (Lipinski definition) is 4. The molecule has 1 heterocycles. The van der Waals surface area contributed by atoms with Gasteiger partial charge in [0.2, 0.25) is 11.8 Å². The van der Waals surface area contributed by atoms with E-state index in [1.165, 1.54) is 0 Å². The molecule has 1 fully saturated rings. The maximum absolute atomic E-state index is 12.4. The fourth-order valence-electron chi connectivity index (χ4n) is 4.75. The molecule has 1 aliphatic carbocycles. The second-order valence-electron chi connectivity index (χ2n) is 8.92. The van der Waals surface area contributed by atoms with Crippen molar-refractivity contribution in [3.8, 4) is 11.1 Å². The normalized spacial score (nSPS) is 19.3. The molecular weight excluding hydrogens is 450 g/mol. The highest BCUT2D eigenvalue weighted by Gasteiger charge is 2.40. The lowest BCUT2D eigenvalue weighted by Gasteiger charge is -2.19. The lowest BCUT2D eigenvalue weighted by Crippen LogP contribution is -2.46. The summed E-state index contributed by atoms with van der Waals surface area (Å²) < 4.78 is 5.53. The zero-order valence-electron chi connectivity index (χ0n) is 19.5. The summed E-state index contributed by atoms with van der Waals surface area (Å²) in [7, 11) is 0. The molecule has 2 aromatic carbocycles. The number of fused-ring (bicyclic) bond motifs is 3. The third kappa shape index (κ3) is 5.29. The number of ether oxygens (including phenoxy) is 1. The van der Waals surface area contributed by atoms with Crippen LogP contribution in [0.15, 0.2) is 48.5 Å². The minimum absolute atomic E-state index is 0.0142. The molecular formula is C26H29N3O6. The SMILES string of the molecule is CCC(CNC(=O)OCC1c2ccccc2-c2ccccc21)CC(=O)NC1C(=O)NCC1C(=O)O. The van der Waals surface area contributed by atoms with E-state index in [0.29, 0.717) is 6.42 Å². The van der Waals surface area contributed by atoms with Gasteiger partial charge in [-0.15, -0.1) is 0 Å². The maximum atomic E-state index is 12.4. The maximum Gasteiger partial charge on any atom is 0.407 e. The van der Waals surface area contributed by atoms with E-state index in [-0.39, 0.29) is 38.0 Å². The van der Waals surface area contributed by atoms with Crippen LogP contribution in [0.2, 0.25) is 0 Å². The topological polar surface area (TPSA) is 134 Å². The summed E-state index contributed by atoms with van der Waals surface area (Å²) in [6.45, 7) is 2.30. The van der Waals surface area contributed by atoms with E-state index in [0.717, 1.165) is 22.3 Å². The Balaban J connectivity index is 1.27. The number of rotatable bonds is 9. The van der Waals surface area contributed by atoms with Crippen LogP contribution in [0, 0.1) is 11.8 Å². The van der Waals surface area contributed by atoms with Crippen LogP contribution in [0.3, 0.4) is 0 Å². The van der Waals surface area contributed by atoms with Gasteiger partial charge in [0.25, 0.3) is 0 Å². The molecule has 1 aliphatic heterocycles. The molecule has 0 spiro atoms. The van der Waals surface area contributed by atoms with Crippen molar-refractivity contribution in [2.45, 2.75) is 31.7 Å². The predicted octanol–water partition coefficient (Wildman–Crippen LogP) is 2.26. The highest BCUT2D eigenvalue weighted by molar-refractivity contribution is 5.94. The number of amides is 3. The minimum atomic E-state index is -1.14. The third-order valence-electron chi connectivity index (χ3n) is 6.74. The second kappa shape index (κ2) is 10.6. The zero-order chi connectivity index (χ0) is 24.9. The highest BCUT2D eigenvalue weighted by Crippen LogP contribution is 2.44. The first-order valence-corrected chi connectivity index (χ1v) is 11.8. The van der Waals surface area contributed by atoms with Gasteiger partial charge in [-0.1, -0.05) is 61.9 Å². The third-order valence-corrected chi connectivity index (χ3v) is 6.74. The van der Waals surface area contributed by atoms with Crippen molar-refractivity contribution in [2.24, 2.45) is 11.8 Å². The summed E-state index contributed by atoms with van der Waals surface area (Å²) in [5.74, 6) is -3.30. The number of nitrogens with one attached hydrogen (secondary N) is 3. The van der Waals surface area contributed by atoms with Gasteiger partial charge in [-0.2, -0.15) is 0 Å². The van der Waals surface area contributed by atoms with E-state index in [9.17, 15) is 24.3 Å². The lowest BCUT2D eigenvalue weighted by atomic mass is 9.98. The Kier molecular flexibility index (Phi) is 7.33. The summed E-state index contributed by atoms with van der Waals surface area (Å²) in [4.78, 5) is 48.0. The van der Waals surface area contributed by atoms with E-state index in [1.807, 2.05) is 43.3 Å². The number of carbonyl (C=O) groups is 4. The van der Waals surface area contributed by atoms with Crippen molar-refractivity contribution < 1.29 is 29.0 Å². The summed E-state index contributed by atoms with van der Waals surface area (Å²) in [5.41, 5.74) is 4.55. The summed E-state index contributed by atoms with van der Waals surface area (Å²) in [5, 5.41) is 16.9. The van der Waals surface area contributed by atoms with Gasteiger partial charge in [0, 0.05) is 25.4 Å². The Morgan fingerprint density at radius 2 is 1.71 bits per heavy atom. The van der Waals surface area contributed by atoms with Crippen molar-refractivity contribution in [3.05, 3.63) is 59.7 Å². The molecule has 0 bridgehead atoms. The number of alkyl carbamates (subject to hydrolysis) is 1. The van der Waals surface area contributed by atoms with Crippen LogP contribution in [-0.2, 0) is 19.1 Å². The van der Waals surface area contributed by atoms with E-state index >= 15 is 0 Å². The average Bonchev–Trinajstić information content (AvgIpc) is 3.38.